The zero-order chi connectivity index (χ0) is 22.4. The van der Waals surface area contributed by atoms with Gasteiger partial charge in [-0.05, 0) is 49.0 Å². The summed E-state index contributed by atoms with van der Waals surface area (Å²) in [7, 11) is 1.98. The lowest BCUT2D eigenvalue weighted by atomic mass is 9.98. The lowest BCUT2D eigenvalue weighted by molar-refractivity contribution is -0.113. The Morgan fingerprint density at radius 3 is 2.53 bits per heavy atom. The number of nitrogens with two attached hydrogens (primary N) is 2. The summed E-state index contributed by atoms with van der Waals surface area (Å²) in [4.78, 5) is 34.5. The highest BCUT2D eigenvalue weighted by atomic mass is 16.2. The highest BCUT2D eigenvalue weighted by molar-refractivity contribution is 6.03. The van der Waals surface area contributed by atoms with Crippen LogP contribution < -0.4 is 11.5 Å². The van der Waals surface area contributed by atoms with Crippen LogP contribution in [0.2, 0.25) is 0 Å². The fraction of sp³-hybridized carbons (Fsp3) is 0.333. The number of carbonyl (C=O) groups excluding carboxylic acids is 2. The Bertz CT molecular complexity index is 1240. The first-order valence-corrected chi connectivity index (χ1v) is 10.9. The maximum absolute atomic E-state index is 12.8. The van der Waals surface area contributed by atoms with Crippen LogP contribution in [0.3, 0.4) is 0 Å². The van der Waals surface area contributed by atoms with Gasteiger partial charge in [0, 0.05) is 42.9 Å². The highest BCUT2D eigenvalue weighted by Gasteiger charge is 2.41. The molecular weight excluding hydrogens is 404 g/mol. The van der Waals surface area contributed by atoms with Crippen molar-refractivity contribution in [3.8, 4) is 11.1 Å². The van der Waals surface area contributed by atoms with Gasteiger partial charge >= 0.3 is 0 Å². The van der Waals surface area contributed by atoms with Crippen LogP contribution in [0.4, 0.5) is 5.82 Å². The van der Waals surface area contributed by atoms with E-state index in [1.54, 1.807) is 0 Å². The van der Waals surface area contributed by atoms with Crippen molar-refractivity contribution in [3.63, 3.8) is 0 Å². The zero-order valence-electron chi connectivity index (χ0n) is 18.0. The van der Waals surface area contributed by atoms with E-state index < -0.39 is 5.91 Å². The zero-order valence-corrected chi connectivity index (χ0v) is 18.0. The number of nitrogen functional groups attached to an aromatic ring is 1. The fourth-order valence-electron chi connectivity index (χ4n) is 4.86. The maximum Gasteiger partial charge on any atom is 0.253 e. The van der Waals surface area contributed by atoms with Crippen LogP contribution in [-0.4, -0.2) is 44.3 Å². The maximum atomic E-state index is 12.8. The Hall–Kier alpha value is -3.68. The number of primary amides is 1. The molecule has 1 saturated carbocycles. The number of benzene rings is 1. The molecular formula is C24H26N6O2. The molecule has 8 heteroatoms. The summed E-state index contributed by atoms with van der Waals surface area (Å²) < 4.78 is 2.06. The Labute approximate surface area is 185 Å². The quantitative estimate of drug-likeness (QED) is 0.603. The standard InChI is InChI=1S/C24H26N6O2/c1-29-21(17-12-16(17)8-9-18(25)31)19(20-22(26)27-13-28-23(20)29)14-4-6-15(7-5-14)24(32)30-10-2-3-11-30/h4-9,13,16-17H,2-3,10-12H2,1H3,(H2,25,31)(H2,26,27,28)/t16-,17+/m1/s1. The molecule has 3 heterocycles. The first-order chi connectivity index (χ1) is 15.5. The predicted octanol–water partition coefficient (Wildman–Crippen LogP) is 2.60. The number of rotatable bonds is 5. The van der Waals surface area contributed by atoms with Gasteiger partial charge in [0.1, 0.15) is 17.8 Å². The van der Waals surface area contributed by atoms with Crippen LogP contribution in [0.25, 0.3) is 22.2 Å². The summed E-state index contributed by atoms with van der Waals surface area (Å²) in [5.41, 5.74) is 16.1. The van der Waals surface area contributed by atoms with E-state index in [0.29, 0.717) is 11.4 Å². The van der Waals surface area contributed by atoms with Gasteiger partial charge in [-0.15, -0.1) is 0 Å². The minimum atomic E-state index is -0.443. The number of carbonyl (C=O) groups is 2. The van der Waals surface area contributed by atoms with Crippen LogP contribution in [0, 0.1) is 5.92 Å². The van der Waals surface area contributed by atoms with Gasteiger partial charge in [-0.2, -0.15) is 0 Å². The van der Waals surface area contributed by atoms with Gasteiger partial charge in [-0.3, -0.25) is 9.59 Å². The van der Waals surface area contributed by atoms with Gasteiger partial charge in [0.05, 0.1) is 5.39 Å². The van der Waals surface area contributed by atoms with E-state index in [1.165, 1.54) is 12.4 Å². The van der Waals surface area contributed by atoms with Gasteiger partial charge < -0.3 is 20.9 Å². The second-order valence-electron chi connectivity index (χ2n) is 8.62. The molecule has 1 aliphatic carbocycles. The summed E-state index contributed by atoms with van der Waals surface area (Å²) in [6, 6.07) is 7.72. The fourth-order valence-corrected chi connectivity index (χ4v) is 4.86. The second kappa shape index (κ2) is 7.78. The summed E-state index contributed by atoms with van der Waals surface area (Å²) in [5.74, 6) is 0.517. The van der Waals surface area contributed by atoms with Gasteiger partial charge in [0.15, 0.2) is 0 Å². The molecule has 0 spiro atoms. The van der Waals surface area contributed by atoms with Crippen molar-refractivity contribution >= 4 is 28.7 Å². The lowest BCUT2D eigenvalue weighted by Gasteiger charge is -2.15. The molecule has 2 aliphatic rings. The van der Waals surface area contributed by atoms with Crippen molar-refractivity contribution in [3.05, 3.63) is 54.0 Å². The first kappa shape index (κ1) is 20.2. The number of fused-ring (bicyclic) bond motifs is 1. The van der Waals surface area contributed by atoms with Gasteiger partial charge in [0.25, 0.3) is 5.91 Å². The molecule has 0 bridgehead atoms. The first-order valence-electron chi connectivity index (χ1n) is 10.9. The summed E-state index contributed by atoms with van der Waals surface area (Å²) in [5, 5.41) is 0.813. The smallest absolute Gasteiger partial charge is 0.253 e. The SMILES string of the molecule is Cn1c([C@H]2C[C@H]2C=CC(N)=O)c(-c2ccc(C(=O)N3CCCC3)cc2)c2c(N)ncnc21. The summed E-state index contributed by atoms with van der Waals surface area (Å²) >= 11 is 0. The molecule has 1 aromatic carbocycles. The molecule has 2 fully saturated rings. The van der Waals surface area contributed by atoms with Gasteiger partial charge in [-0.1, -0.05) is 18.2 Å². The van der Waals surface area contributed by atoms with Crippen molar-refractivity contribution < 1.29 is 9.59 Å². The molecule has 164 valence electrons. The van der Waals surface area contributed by atoms with Crippen LogP contribution in [0.15, 0.2) is 42.7 Å². The number of amides is 2. The van der Waals surface area contributed by atoms with Crippen LogP contribution >= 0.6 is 0 Å². The lowest BCUT2D eigenvalue weighted by Crippen LogP contribution is -2.27. The average molecular weight is 431 g/mol. The Morgan fingerprint density at radius 2 is 1.84 bits per heavy atom. The molecule has 4 N–H and O–H groups in total. The molecule has 32 heavy (non-hydrogen) atoms. The minimum Gasteiger partial charge on any atom is -0.383 e. The summed E-state index contributed by atoms with van der Waals surface area (Å²) in [6.45, 7) is 1.65. The molecule has 2 atom stereocenters. The van der Waals surface area contributed by atoms with E-state index in [9.17, 15) is 9.59 Å². The van der Waals surface area contributed by atoms with Crippen LogP contribution in [-0.2, 0) is 11.8 Å². The van der Waals surface area contributed by atoms with Gasteiger partial charge in [0.2, 0.25) is 5.91 Å². The molecule has 2 amide bonds. The number of allylic oxidation sites excluding steroid dienone is 1. The average Bonchev–Trinajstić information content (AvgIpc) is 3.19. The molecule has 0 radical (unpaired) electrons. The number of aromatic nitrogens is 3. The normalized spacial score (nSPS) is 20.3. The molecule has 1 saturated heterocycles. The molecule has 2 aromatic heterocycles. The third-order valence-corrected chi connectivity index (χ3v) is 6.55. The number of hydrogen-bond donors (Lipinski definition) is 2. The predicted molar refractivity (Wildman–Crippen MR) is 123 cm³/mol. The van der Waals surface area contributed by atoms with E-state index in [4.69, 9.17) is 11.5 Å². The number of hydrogen-bond acceptors (Lipinski definition) is 5. The molecule has 8 nitrogen and oxygen atoms in total. The summed E-state index contributed by atoms with van der Waals surface area (Å²) in [6.07, 6.45) is 7.83. The van der Waals surface area contributed by atoms with Crippen LogP contribution in [0.5, 0.6) is 0 Å². The Balaban J connectivity index is 1.57. The Morgan fingerprint density at radius 1 is 1.12 bits per heavy atom. The third-order valence-electron chi connectivity index (χ3n) is 6.55. The van der Waals surface area contributed by atoms with Crippen molar-refractivity contribution in [2.45, 2.75) is 25.2 Å². The van der Waals surface area contributed by atoms with E-state index in [1.807, 2.05) is 42.3 Å². The number of likely N-dealkylation sites (tertiary alicyclic amines) is 1. The van der Waals surface area contributed by atoms with Gasteiger partial charge in [-0.25, -0.2) is 9.97 Å². The molecule has 1 aliphatic heterocycles. The third kappa shape index (κ3) is 3.41. The second-order valence-corrected chi connectivity index (χ2v) is 8.62. The number of aryl methyl sites for hydroxylation is 1. The van der Waals surface area contributed by atoms with Crippen LogP contribution in [0.1, 0.15) is 41.2 Å². The van der Waals surface area contributed by atoms with Crippen molar-refractivity contribution in [2.75, 3.05) is 18.8 Å². The number of nitrogens with zero attached hydrogens (tertiary/aromatic N) is 4. The van der Waals surface area contributed by atoms with Crippen molar-refractivity contribution in [1.29, 1.82) is 0 Å². The molecule has 5 rings (SSSR count). The molecule has 3 aromatic rings. The van der Waals surface area contributed by atoms with Crippen molar-refractivity contribution in [1.82, 2.24) is 19.4 Å². The van der Waals surface area contributed by atoms with E-state index in [0.717, 1.165) is 60.2 Å². The Kier molecular flexibility index (Phi) is 4.92. The minimum absolute atomic E-state index is 0.0777. The molecule has 0 unspecified atom stereocenters. The largest absolute Gasteiger partial charge is 0.383 e. The monoisotopic (exact) mass is 430 g/mol. The highest BCUT2D eigenvalue weighted by Crippen LogP contribution is 2.53. The van der Waals surface area contributed by atoms with E-state index in [2.05, 4.69) is 14.5 Å². The number of anilines is 1. The van der Waals surface area contributed by atoms with E-state index in [-0.39, 0.29) is 17.7 Å². The van der Waals surface area contributed by atoms with E-state index >= 15 is 0 Å². The topological polar surface area (TPSA) is 120 Å². The van der Waals surface area contributed by atoms with Crippen molar-refractivity contribution in [2.24, 2.45) is 18.7 Å².